The molecular weight excluding hydrogens is 484 g/mol. The van der Waals surface area contributed by atoms with E-state index in [2.05, 4.69) is 22.2 Å². The van der Waals surface area contributed by atoms with Gasteiger partial charge in [-0.1, -0.05) is 12.1 Å². The number of carbonyl (C=O) groups excluding carboxylic acids is 2. The smallest absolute Gasteiger partial charge is 0.338 e. The Bertz CT molecular complexity index is 1170. The second-order valence-corrected chi connectivity index (χ2v) is 11.0. The fraction of sp³-hybridized carbons (Fsp3) is 0.556. The number of anilines is 1. The van der Waals surface area contributed by atoms with Crippen LogP contribution in [0.15, 0.2) is 41.3 Å². The predicted octanol–water partition coefficient (Wildman–Crippen LogP) is 1.35. The molecule has 11 heteroatoms. The van der Waals surface area contributed by atoms with Crippen LogP contribution in [0.25, 0.3) is 5.69 Å². The molecule has 2 fully saturated rings. The van der Waals surface area contributed by atoms with Crippen molar-refractivity contribution in [1.82, 2.24) is 24.3 Å². The molecule has 5 N–H and O–H groups in total. The van der Waals surface area contributed by atoms with E-state index in [1.165, 1.54) is 10.1 Å². The average molecular weight is 525 g/mol. The van der Waals surface area contributed by atoms with E-state index in [0.29, 0.717) is 44.0 Å². The Hall–Kier alpha value is -3.28. The summed E-state index contributed by atoms with van der Waals surface area (Å²) in [5.41, 5.74) is 12.4. The lowest BCUT2D eigenvalue weighted by Gasteiger charge is -2.37. The Morgan fingerprint density at radius 1 is 1.03 bits per heavy atom. The average Bonchev–Trinajstić information content (AvgIpc) is 2.89. The van der Waals surface area contributed by atoms with Crippen molar-refractivity contribution in [2.45, 2.75) is 63.7 Å². The number of amides is 3. The van der Waals surface area contributed by atoms with Crippen molar-refractivity contribution in [3.05, 3.63) is 52.6 Å². The van der Waals surface area contributed by atoms with Crippen LogP contribution < -0.4 is 22.5 Å². The minimum atomic E-state index is -0.945. The molecule has 0 unspecified atom stereocenters. The summed E-state index contributed by atoms with van der Waals surface area (Å²) in [6.07, 6.45) is 6.01. The van der Waals surface area contributed by atoms with Gasteiger partial charge in [-0.25, -0.2) is 9.59 Å². The van der Waals surface area contributed by atoms with Crippen molar-refractivity contribution in [2.75, 3.05) is 38.5 Å². The van der Waals surface area contributed by atoms with Crippen molar-refractivity contribution in [3.8, 4) is 5.69 Å². The fourth-order valence-corrected chi connectivity index (χ4v) is 5.10. The zero-order valence-corrected chi connectivity index (χ0v) is 22.6. The van der Waals surface area contributed by atoms with Gasteiger partial charge in [0.1, 0.15) is 5.82 Å². The van der Waals surface area contributed by atoms with Crippen LogP contribution in [0.1, 0.15) is 45.1 Å². The summed E-state index contributed by atoms with van der Waals surface area (Å²) in [6, 6.07) is 10.00. The quantitative estimate of drug-likeness (QED) is 0.518. The van der Waals surface area contributed by atoms with Crippen molar-refractivity contribution in [2.24, 2.45) is 11.5 Å². The van der Waals surface area contributed by atoms with Crippen molar-refractivity contribution >= 4 is 17.8 Å². The second kappa shape index (κ2) is 11.6. The van der Waals surface area contributed by atoms with E-state index < -0.39 is 11.2 Å². The molecule has 0 radical (unpaired) electrons. The maximum absolute atomic E-state index is 12.7. The lowest BCUT2D eigenvalue weighted by Crippen LogP contribution is -2.58. The Labute approximate surface area is 223 Å². The van der Waals surface area contributed by atoms with Gasteiger partial charge in [-0.2, -0.15) is 4.98 Å². The highest BCUT2D eigenvalue weighted by molar-refractivity contribution is 5.89. The van der Waals surface area contributed by atoms with Crippen LogP contribution in [0.3, 0.4) is 0 Å². The zero-order valence-electron chi connectivity index (χ0n) is 22.6. The number of hydrogen-bond acceptors (Lipinski definition) is 7. The van der Waals surface area contributed by atoms with Crippen LogP contribution >= 0.6 is 0 Å². The molecule has 3 amide bonds. The number of hydrogen-bond donors (Lipinski definition) is 3. The van der Waals surface area contributed by atoms with E-state index in [9.17, 15) is 14.4 Å². The van der Waals surface area contributed by atoms with Crippen LogP contribution in [0.4, 0.5) is 10.6 Å². The number of rotatable bonds is 6. The normalized spacial score (nSPS) is 20.5. The van der Waals surface area contributed by atoms with Crippen LogP contribution in [-0.4, -0.2) is 87.0 Å². The number of nitrogens with one attached hydrogen (secondary N) is 1. The number of nitrogens with zero attached hydrogens (tertiary/aromatic N) is 5. The molecule has 1 aliphatic heterocycles. The minimum absolute atomic E-state index is 0.141. The first-order valence-electron chi connectivity index (χ1n) is 13.3. The second-order valence-electron chi connectivity index (χ2n) is 11.0. The van der Waals surface area contributed by atoms with E-state index in [1.54, 1.807) is 35.9 Å². The Morgan fingerprint density at radius 3 is 2.21 bits per heavy atom. The highest BCUT2D eigenvalue weighted by Gasteiger charge is 2.31. The molecule has 0 atom stereocenters. The number of nitrogens with two attached hydrogens (primary N) is 2. The van der Waals surface area contributed by atoms with Gasteiger partial charge in [0.25, 0.3) is 0 Å². The van der Waals surface area contributed by atoms with Gasteiger partial charge in [0.15, 0.2) is 0 Å². The molecule has 1 saturated heterocycles. The number of aromatic nitrogens is 2. The van der Waals surface area contributed by atoms with Gasteiger partial charge in [-0.3, -0.25) is 19.6 Å². The zero-order chi connectivity index (χ0) is 27.4. The summed E-state index contributed by atoms with van der Waals surface area (Å²) < 4.78 is 1.45. The van der Waals surface area contributed by atoms with Crippen molar-refractivity contribution < 1.29 is 9.59 Å². The molecular formula is C27H40N8O3. The summed E-state index contributed by atoms with van der Waals surface area (Å²) >= 11 is 0. The van der Waals surface area contributed by atoms with Crippen LogP contribution in [-0.2, 0) is 11.3 Å². The molecule has 11 nitrogen and oxygen atoms in total. The summed E-state index contributed by atoms with van der Waals surface area (Å²) in [5, 5.41) is 2.69. The molecule has 38 heavy (non-hydrogen) atoms. The summed E-state index contributed by atoms with van der Waals surface area (Å²) in [7, 11) is 2.15. The molecule has 2 aliphatic rings. The molecule has 1 saturated carbocycles. The van der Waals surface area contributed by atoms with E-state index in [4.69, 9.17) is 11.5 Å². The number of carbonyl (C=O) groups is 2. The molecule has 0 spiro atoms. The van der Waals surface area contributed by atoms with Crippen LogP contribution in [0, 0.1) is 0 Å². The number of urea groups is 1. The van der Waals surface area contributed by atoms with Crippen molar-refractivity contribution in [1.29, 1.82) is 0 Å². The highest BCUT2D eigenvalue weighted by Crippen LogP contribution is 2.23. The van der Waals surface area contributed by atoms with Gasteiger partial charge in [0.05, 0.1) is 11.2 Å². The van der Waals surface area contributed by atoms with Gasteiger partial charge in [0.2, 0.25) is 5.91 Å². The van der Waals surface area contributed by atoms with Gasteiger partial charge < -0.3 is 21.3 Å². The lowest BCUT2D eigenvalue weighted by atomic mass is 9.91. The molecule has 1 aromatic heterocycles. The van der Waals surface area contributed by atoms with Gasteiger partial charge >= 0.3 is 11.7 Å². The van der Waals surface area contributed by atoms with Gasteiger partial charge in [0, 0.05) is 51.0 Å². The SMILES string of the molecule is CN(Cc1ccc(-n2ccc(NC(=O)N3CCN(C(=O)C(C)(C)N)CC3)nc2=O)cc1)C1CCC(N)CC1. The Kier molecular flexibility index (Phi) is 8.49. The molecule has 2 heterocycles. The largest absolute Gasteiger partial charge is 0.354 e. The molecule has 1 aromatic carbocycles. The highest BCUT2D eigenvalue weighted by atomic mass is 16.2. The molecule has 1 aliphatic carbocycles. The van der Waals surface area contributed by atoms with E-state index in [1.807, 2.05) is 24.3 Å². The monoisotopic (exact) mass is 524 g/mol. The maximum Gasteiger partial charge on any atom is 0.354 e. The van der Waals surface area contributed by atoms with Crippen molar-refractivity contribution in [3.63, 3.8) is 0 Å². The molecule has 0 bridgehead atoms. The summed E-state index contributed by atoms with van der Waals surface area (Å²) in [6.45, 7) is 5.74. The lowest BCUT2D eigenvalue weighted by molar-refractivity contribution is -0.137. The Balaban J connectivity index is 1.31. The standard InChI is InChI=1S/C27H40N8O3/c1-27(2,29)24(36)33-14-16-34(17-15-33)25(37)30-23-12-13-35(26(38)31-23)22-8-4-19(5-9-22)18-32(3)21-10-6-20(28)7-11-21/h4-5,8-9,12-13,20-21H,6-7,10-11,14-18,28-29H2,1-3H3,(H,30,31,37,38). The fourth-order valence-electron chi connectivity index (χ4n) is 5.10. The topological polar surface area (TPSA) is 143 Å². The third-order valence-electron chi connectivity index (χ3n) is 7.46. The number of piperazine rings is 1. The summed E-state index contributed by atoms with van der Waals surface area (Å²) in [5.74, 6) is 0.0422. The number of benzene rings is 1. The third kappa shape index (κ3) is 6.77. The molecule has 4 rings (SSSR count). The molecule has 2 aromatic rings. The third-order valence-corrected chi connectivity index (χ3v) is 7.46. The Morgan fingerprint density at radius 2 is 1.63 bits per heavy atom. The van der Waals surface area contributed by atoms with Crippen LogP contribution in [0.2, 0.25) is 0 Å². The van der Waals surface area contributed by atoms with Gasteiger partial charge in [-0.05, 0) is 70.3 Å². The summed E-state index contributed by atoms with van der Waals surface area (Å²) in [4.78, 5) is 47.4. The maximum atomic E-state index is 12.7. The van der Waals surface area contributed by atoms with E-state index >= 15 is 0 Å². The minimum Gasteiger partial charge on any atom is -0.338 e. The first kappa shape index (κ1) is 27.7. The van der Waals surface area contributed by atoms with E-state index in [0.717, 1.165) is 32.2 Å². The molecule has 206 valence electrons. The van der Waals surface area contributed by atoms with Crippen LogP contribution in [0.5, 0.6) is 0 Å². The van der Waals surface area contributed by atoms with Gasteiger partial charge in [-0.15, -0.1) is 0 Å². The van der Waals surface area contributed by atoms with E-state index in [-0.39, 0.29) is 17.8 Å². The first-order valence-corrected chi connectivity index (χ1v) is 13.3. The first-order chi connectivity index (χ1) is 18.0. The predicted molar refractivity (Wildman–Crippen MR) is 147 cm³/mol.